The molecule has 0 saturated carbocycles. The summed E-state index contributed by atoms with van der Waals surface area (Å²) in [6.45, 7) is 4.64. The maximum Gasteiger partial charge on any atom is 0.255 e. The van der Waals surface area contributed by atoms with E-state index in [-0.39, 0.29) is 30.1 Å². The Morgan fingerprint density at radius 3 is 2.31 bits per heavy atom. The number of carbonyl (C=O) groups is 3. The SMILES string of the molecule is CCOc1ccc(N2C[C@H](C(=O)N3CCN(C(=O)c4ccccc4Cl)CC3)CC2=O)cc1. The minimum absolute atomic E-state index is 0.0309. The second-order valence-electron chi connectivity index (χ2n) is 7.93. The molecule has 168 valence electrons. The Hall–Kier alpha value is -3.06. The molecule has 2 aliphatic rings. The molecule has 0 aromatic heterocycles. The molecule has 8 heteroatoms. The first-order valence-corrected chi connectivity index (χ1v) is 11.2. The van der Waals surface area contributed by atoms with E-state index >= 15 is 0 Å². The van der Waals surface area contributed by atoms with Crippen LogP contribution in [-0.4, -0.2) is 66.9 Å². The van der Waals surface area contributed by atoms with Gasteiger partial charge in [-0.05, 0) is 43.3 Å². The van der Waals surface area contributed by atoms with Gasteiger partial charge in [0.1, 0.15) is 5.75 Å². The van der Waals surface area contributed by atoms with Crippen molar-refractivity contribution in [3.05, 3.63) is 59.1 Å². The van der Waals surface area contributed by atoms with E-state index in [0.717, 1.165) is 11.4 Å². The summed E-state index contributed by atoms with van der Waals surface area (Å²) in [5.41, 5.74) is 1.24. The van der Waals surface area contributed by atoms with E-state index in [2.05, 4.69) is 0 Å². The molecule has 0 spiro atoms. The van der Waals surface area contributed by atoms with Gasteiger partial charge in [0.05, 0.1) is 23.1 Å². The zero-order chi connectivity index (χ0) is 22.7. The number of anilines is 1. The number of benzene rings is 2. The highest BCUT2D eigenvalue weighted by Crippen LogP contribution is 2.28. The van der Waals surface area contributed by atoms with Gasteiger partial charge in [-0.25, -0.2) is 0 Å². The van der Waals surface area contributed by atoms with Crippen LogP contribution >= 0.6 is 11.6 Å². The van der Waals surface area contributed by atoms with Crippen molar-refractivity contribution in [2.24, 2.45) is 5.92 Å². The molecular formula is C24H26ClN3O4. The first-order chi connectivity index (χ1) is 15.5. The molecule has 2 fully saturated rings. The fourth-order valence-corrected chi connectivity index (χ4v) is 4.42. The Morgan fingerprint density at radius 2 is 1.66 bits per heavy atom. The van der Waals surface area contributed by atoms with Crippen molar-refractivity contribution in [1.29, 1.82) is 0 Å². The molecule has 1 atom stereocenters. The zero-order valence-corrected chi connectivity index (χ0v) is 18.8. The predicted molar refractivity (Wildman–Crippen MR) is 122 cm³/mol. The molecule has 4 rings (SSSR count). The van der Waals surface area contributed by atoms with Gasteiger partial charge in [0.15, 0.2) is 0 Å². The summed E-state index contributed by atoms with van der Waals surface area (Å²) in [5.74, 6) is 0.164. The van der Waals surface area contributed by atoms with Gasteiger partial charge in [-0.3, -0.25) is 14.4 Å². The molecule has 0 bridgehead atoms. The molecule has 0 N–H and O–H groups in total. The number of hydrogen-bond acceptors (Lipinski definition) is 4. The van der Waals surface area contributed by atoms with Crippen molar-refractivity contribution in [2.75, 3.05) is 44.2 Å². The van der Waals surface area contributed by atoms with Gasteiger partial charge in [-0.1, -0.05) is 23.7 Å². The summed E-state index contributed by atoms with van der Waals surface area (Å²) in [6.07, 6.45) is 0.199. The monoisotopic (exact) mass is 455 g/mol. The fraction of sp³-hybridized carbons (Fsp3) is 0.375. The lowest BCUT2D eigenvalue weighted by Gasteiger charge is -2.36. The number of carbonyl (C=O) groups excluding carboxylic acids is 3. The van der Waals surface area contributed by atoms with Gasteiger partial charge in [0, 0.05) is 44.8 Å². The van der Waals surface area contributed by atoms with Crippen LogP contribution in [0.4, 0.5) is 5.69 Å². The standard InChI is InChI=1S/C24H26ClN3O4/c1-2-32-19-9-7-18(8-10-19)28-16-17(15-22(28)29)23(30)26-11-13-27(14-12-26)24(31)20-5-3-4-6-21(20)25/h3-10,17H,2,11-16H2,1H3/t17-/m1/s1. The number of amides is 3. The Balaban J connectivity index is 1.34. The first kappa shape index (κ1) is 22.1. The van der Waals surface area contributed by atoms with Crippen molar-refractivity contribution in [2.45, 2.75) is 13.3 Å². The zero-order valence-electron chi connectivity index (χ0n) is 18.0. The van der Waals surface area contributed by atoms with Crippen molar-refractivity contribution in [3.8, 4) is 5.75 Å². The van der Waals surface area contributed by atoms with E-state index < -0.39 is 0 Å². The average molecular weight is 456 g/mol. The van der Waals surface area contributed by atoms with Crippen LogP contribution in [0.2, 0.25) is 5.02 Å². The summed E-state index contributed by atoms with van der Waals surface area (Å²) >= 11 is 6.15. The van der Waals surface area contributed by atoms with Gasteiger partial charge in [-0.2, -0.15) is 0 Å². The first-order valence-electron chi connectivity index (χ1n) is 10.8. The number of nitrogens with zero attached hydrogens (tertiary/aromatic N) is 3. The molecule has 2 saturated heterocycles. The third-order valence-corrected chi connectivity index (χ3v) is 6.25. The van der Waals surface area contributed by atoms with E-state index in [9.17, 15) is 14.4 Å². The Morgan fingerprint density at radius 1 is 1.00 bits per heavy atom. The third-order valence-electron chi connectivity index (χ3n) is 5.92. The van der Waals surface area contributed by atoms with Crippen molar-refractivity contribution in [3.63, 3.8) is 0 Å². The van der Waals surface area contributed by atoms with E-state index in [1.54, 1.807) is 39.0 Å². The molecule has 32 heavy (non-hydrogen) atoms. The molecule has 2 heterocycles. The van der Waals surface area contributed by atoms with E-state index in [0.29, 0.717) is 49.9 Å². The fourth-order valence-electron chi connectivity index (χ4n) is 4.20. The van der Waals surface area contributed by atoms with Crippen LogP contribution in [0, 0.1) is 5.92 Å². The van der Waals surface area contributed by atoms with Crippen LogP contribution in [0.5, 0.6) is 5.75 Å². The van der Waals surface area contributed by atoms with Gasteiger partial charge in [0.25, 0.3) is 5.91 Å². The summed E-state index contributed by atoms with van der Waals surface area (Å²) in [4.78, 5) is 43.5. The van der Waals surface area contributed by atoms with E-state index in [4.69, 9.17) is 16.3 Å². The average Bonchev–Trinajstić information content (AvgIpc) is 3.21. The number of rotatable bonds is 5. The van der Waals surface area contributed by atoms with E-state index in [1.807, 2.05) is 31.2 Å². The topological polar surface area (TPSA) is 70.2 Å². The molecule has 7 nitrogen and oxygen atoms in total. The van der Waals surface area contributed by atoms with E-state index in [1.165, 1.54) is 0 Å². The quantitative estimate of drug-likeness (QED) is 0.694. The maximum absolute atomic E-state index is 13.1. The van der Waals surface area contributed by atoms with Crippen molar-refractivity contribution >= 4 is 35.0 Å². The summed E-state index contributed by atoms with van der Waals surface area (Å²) in [6, 6.07) is 14.3. The molecular weight excluding hydrogens is 430 g/mol. The largest absolute Gasteiger partial charge is 0.494 e. The van der Waals surface area contributed by atoms with Crippen LogP contribution in [0.1, 0.15) is 23.7 Å². The minimum Gasteiger partial charge on any atom is -0.494 e. The highest BCUT2D eigenvalue weighted by atomic mass is 35.5. The second-order valence-corrected chi connectivity index (χ2v) is 8.34. The minimum atomic E-state index is -0.375. The maximum atomic E-state index is 13.1. The predicted octanol–water partition coefficient (Wildman–Crippen LogP) is 3.08. The number of piperazine rings is 1. The Bertz CT molecular complexity index is 1000. The van der Waals surface area contributed by atoms with Crippen LogP contribution in [0.15, 0.2) is 48.5 Å². The van der Waals surface area contributed by atoms with Crippen LogP contribution in [-0.2, 0) is 9.59 Å². The van der Waals surface area contributed by atoms with Crippen LogP contribution in [0.25, 0.3) is 0 Å². The summed E-state index contributed by atoms with van der Waals surface area (Å²) < 4.78 is 5.45. The molecule has 2 aromatic rings. The lowest BCUT2D eigenvalue weighted by molar-refractivity contribution is -0.137. The smallest absolute Gasteiger partial charge is 0.255 e. The Kier molecular flexibility index (Phi) is 6.65. The number of ether oxygens (including phenoxy) is 1. The Labute approximate surface area is 192 Å². The molecule has 2 aromatic carbocycles. The van der Waals surface area contributed by atoms with Crippen molar-refractivity contribution in [1.82, 2.24) is 9.80 Å². The lowest BCUT2D eigenvalue weighted by Crippen LogP contribution is -2.52. The second kappa shape index (κ2) is 9.61. The highest BCUT2D eigenvalue weighted by molar-refractivity contribution is 6.33. The molecule has 0 aliphatic carbocycles. The van der Waals surface area contributed by atoms with Gasteiger partial charge in [-0.15, -0.1) is 0 Å². The van der Waals surface area contributed by atoms with Crippen LogP contribution in [0.3, 0.4) is 0 Å². The molecule has 0 unspecified atom stereocenters. The number of hydrogen-bond donors (Lipinski definition) is 0. The summed E-state index contributed by atoms with van der Waals surface area (Å²) in [5, 5.41) is 0.426. The summed E-state index contributed by atoms with van der Waals surface area (Å²) in [7, 11) is 0. The van der Waals surface area contributed by atoms with Crippen molar-refractivity contribution < 1.29 is 19.1 Å². The molecule has 3 amide bonds. The third kappa shape index (κ3) is 4.58. The lowest BCUT2D eigenvalue weighted by atomic mass is 10.1. The molecule has 2 aliphatic heterocycles. The number of halogens is 1. The van der Waals surface area contributed by atoms with Gasteiger partial charge < -0.3 is 19.4 Å². The van der Waals surface area contributed by atoms with Crippen LogP contribution < -0.4 is 9.64 Å². The molecule has 0 radical (unpaired) electrons. The normalized spacial score (nSPS) is 18.8. The highest BCUT2D eigenvalue weighted by Gasteiger charge is 2.38. The van der Waals surface area contributed by atoms with Gasteiger partial charge in [0.2, 0.25) is 11.8 Å². The van der Waals surface area contributed by atoms with Gasteiger partial charge >= 0.3 is 0 Å².